The number of hydrogen-bond acceptors (Lipinski definition) is 3. The van der Waals surface area contributed by atoms with Gasteiger partial charge in [0.1, 0.15) is 5.78 Å². The minimum Gasteiger partial charge on any atom is -0.299 e. The number of hydrogen-bond donors (Lipinski definition) is 0. The molecular formula is C11H17NOS. The van der Waals surface area contributed by atoms with E-state index in [1.165, 1.54) is 19.3 Å². The molecule has 1 heterocycles. The molecular weight excluding hydrogens is 194 g/mol. The molecule has 0 atom stereocenters. The predicted octanol–water partition coefficient (Wildman–Crippen LogP) is 3.23. The minimum atomic E-state index is 0.352. The summed E-state index contributed by atoms with van der Waals surface area (Å²) in [6.07, 6.45) is 7.80. The maximum atomic E-state index is 11.5. The summed E-state index contributed by atoms with van der Waals surface area (Å²) in [6, 6.07) is 0. The van der Waals surface area contributed by atoms with Crippen molar-refractivity contribution in [3.05, 3.63) is 16.6 Å². The highest BCUT2D eigenvalue weighted by atomic mass is 32.1. The van der Waals surface area contributed by atoms with Crippen LogP contribution in [0.25, 0.3) is 0 Å². The Labute approximate surface area is 89.4 Å². The smallest absolute Gasteiger partial charge is 0.138 e. The third-order valence-electron chi connectivity index (χ3n) is 2.16. The molecule has 2 nitrogen and oxygen atoms in total. The molecule has 1 aromatic rings. The summed E-state index contributed by atoms with van der Waals surface area (Å²) in [4.78, 5) is 16.5. The molecule has 0 radical (unpaired) electrons. The van der Waals surface area contributed by atoms with Gasteiger partial charge in [0, 0.05) is 23.9 Å². The normalized spacial score (nSPS) is 10.4. The third kappa shape index (κ3) is 4.51. The van der Waals surface area contributed by atoms with Gasteiger partial charge in [0.05, 0.1) is 5.51 Å². The second kappa shape index (κ2) is 6.71. The van der Waals surface area contributed by atoms with Crippen molar-refractivity contribution >= 4 is 17.1 Å². The monoisotopic (exact) mass is 211 g/mol. The van der Waals surface area contributed by atoms with Crippen molar-refractivity contribution in [1.82, 2.24) is 4.98 Å². The summed E-state index contributed by atoms with van der Waals surface area (Å²) >= 11 is 1.56. The van der Waals surface area contributed by atoms with E-state index < -0.39 is 0 Å². The Kier molecular flexibility index (Phi) is 5.45. The minimum absolute atomic E-state index is 0.352. The van der Waals surface area contributed by atoms with Crippen LogP contribution < -0.4 is 0 Å². The molecule has 78 valence electrons. The SMILES string of the molecule is CCCCCCC(=O)Cc1cncs1. The van der Waals surface area contributed by atoms with Crippen LogP contribution in [-0.4, -0.2) is 10.8 Å². The van der Waals surface area contributed by atoms with Crippen molar-refractivity contribution in [2.45, 2.75) is 45.4 Å². The molecule has 0 fully saturated rings. The first kappa shape index (κ1) is 11.4. The van der Waals surface area contributed by atoms with Crippen LogP contribution in [0, 0.1) is 0 Å². The van der Waals surface area contributed by atoms with Gasteiger partial charge in [-0.25, -0.2) is 0 Å². The Morgan fingerprint density at radius 3 is 2.93 bits per heavy atom. The highest BCUT2D eigenvalue weighted by Crippen LogP contribution is 2.10. The zero-order chi connectivity index (χ0) is 10.2. The van der Waals surface area contributed by atoms with Gasteiger partial charge in [0.15, 0.2) is 0 Å². The Morgan fingerprint density at radius 2 is 2.29 bits per heavy atom. The number of thiazole rings is 1. The Hall–Kier alpha value is -0.700. The summed E-state index contributed by atoms with van der Waals surface area (Å²) < 4.78 is 0. The van der Waals surface area contributed by atoms with Gasteiger partial charge < -0.3 is 0 Å². The number of rotatable bonds is 7. The van der Waals surface area contributed by atoms with E-state index in [9.17, 15) is 4.79 Å². The van der Waals surface area contributed by atoms with Crippen molar-refractivity contribution in [2.24, 2.45) is 0 Å². The van der Waals surface area contributed by atoms with Crippen molar-refractivity contribution in [3.63, 3.8) is 0 Å². The van der Waals surface area contributed by atoms with Gasteiger partial charge in [0.2, 0.25) is 0 Å². The third-order valence-corrected chi connectivity index (χ3v) is 2.94. The fraction of sp³-hybridized carbons (Fsp3) is 0.636. The van der Waals surface area contributed by atoms with Crippen LogP contribution in [0.3, 0.4) is 0 Å². The fourth-order valence-corrected chi connectivity index (χ4v) is 1.98. The van der Waals surface area contributed by atoms with Crippen LogP contribution in [0.1, 0.15) is 43.9 Å². The van der Waals surface area contributed by atoms with Gasteiger partial charge in [-0.1, -0.05) is 26.2 Å². The molecule has 0 aliphatic rings. The first-order chi connectivity index (χ1) is 6.83. The first-order valence-corrected chi connectivity index (χ1v) is 6.10. The number of ketones is 1. The van der Waals surface area contributed by atoms with Gasteiger partial charge in [-0.05, 0) is 6.42 Å². The van der Waals surface area contributed by atoms with Crippen LogP contribution in [0.2, 0.25) is 0 Å². The quantitative estimate of drug-likeness (QED) is 0.648. The highest BCUT2D eigenvalue weighted by molar-refractivity contribution is 7.09. The van der Waals surface area contributed by atoms with Crippen molar-refractivity contribution in [1.29, 1.82) is 0 Å². The summed E-state index contributed by atoms with van der Waals surface area (Å²) in [6.45, 7) is 2.18. The molecule has 0 aliphatic carbocycles. The second-order valence-corrected chi connectivity index (χ2v) is 4.46. The van der Waals surface area contributed by atoms with Gasteiger partial charge in [-0.2, -0.15) is 0 Å². The fourth-order valence-electron chi connectivity index (χ4n) is 1.36. The lowest BCUT2D eigenvalue weighted by Crippen LogP contribution is -2.00. The lowest BCUT2D eigenvalue weighted by atomic mass is 10.1. The predicted molar refractivity (Wildman–Crippen MR) is 59.6 cm³/mol. The Morgan fingerprint density at radius 1 is 1.43 bits per heavy atom. The summed E-state index contributed by atoms with van der Waals surface area (Å²) in [5.41, 5.74) is 1.78. The molecule has 1 rings (SSSR count). The lowest BCUT2D eigenvalue weighted by Gasteiger charge is -1.98. The van der Waals surface area contributed by atoms with Crippen LogP contribution in [-0.2, 0) is 11.2 Å². The van der Waals surface area contributed by atoms with Gasteiger partial charge >= 0.3 is 0 Å². The number of carbonyl (C=O) groups excluding carboxylic acids is 1. The van der Waals surface area contributed by atoms with Gasteiger partial charge in [-0.15, -0.1) is 11.3 Å². The Balaban J connectivity index is 2.11. The molecule has 0 spiro atoms. The average molecular weight is 211 g/mol. The number of unbranched alkanes of at least 4 members (excludes halogenated alkanes) is 3. The van der Waals surface area contributed by atoms with E-state index in [2.05, 4.69) is 11.9 Å². The van der Waals surface area contributed by atoms with Crippen molar-refractivity contribution in [2.75, 3.05) is 0 Å². The topological polar surface area (TPSA) is 30.0 Å². The molecule has 14 heavy (non-hydrogen) atoms. The van der Waals surface area contributed by atoms with Crippen LogP contribution in [0.15, 0.2) is 11.7 Å². The van der Waals surface area contributed by atoms with Crippen LogP contribution in [0.4, 0.5) is 0 Å². The van der Waals surface area contributed by atoms with E-state index in [4.69, 9.17) is 0 Å². The van der Waals surface area contributed by atoms with Crippen LogP contribution >= 0.6 is 11.3 Å². The maximum absolute atomic E-state index is 11.5. The average Bonchev–Trinajstić information content (AvgIpc) is 2.65. The number of nitrogens with zero attached hydrogens (tertiary/aromatic N) is 1. The van der Waals surface area contributed by atoms with E-state index in [0.717, 1.165) is 17.7 Å². The first-order valence-electron chi connectivity index (χ1n) is 5.22. The zero-order valence-corrected chi connectivity index (χ0v) is 9.48. The van der Waals surface area contributed by atoms with E-state index in [-0.39, 0.29) is 0 Å². The van der Waals surface area contributed by atoms with Crippen LogP contribution in [0.5, 0.6) is 0 Å². The molecule has 0 N–H and O–H groups in total. The molecule has 0 amide bonds. The molecule has 0 bridgehead atoms. The van der Waals surface area contributed by atoms with Gasteiger partial charge in [-0.3, -0.25) is 9.78 Å². The lowest BCUT2D eigenvalue weighted by molar-refractivity contribution is -0.118. The zero-order valence-electron chi connectivity index (χ0n) is 8.66. The maximum Gasteiger partial charge on any atom is 0.138 e. The number of aromatic nitrogens is 1. The highest BCUT2D eigenvalue weighted by Gasteiger charge is 2.04. The molecule has 1 aromatic heterocycles. The van der Waals surface area contributed by atoms with E-state index in [1.807, 2.05) is 0 Å². The number of carbonyl (C=O) groups is 1. The molecule has 0 aliphatic heterocycles. The van der Waals surface area contributed by atoms with E-state index in [1.54, 1.807) is 23.0 Å². The second-order valence-electron chi connectivity index (χ2n) is 3.49. The standard InChI is InChI=1S/C11H17NOS/c1-2-3-4-5-6-10(13)7-11-8-12-9-14-11/h8-9H,2-7H2,1H3. The number of Topliss-reactive ketones (excluding diaryl/α,β-unsaturated/α-hetero) is 1. The summed E-state index contributed by atoms with van der Waals surface area (Å²) in [5, 5.41) is 0. The van der Waals surface area contributed by atoms with Gasteiger partial charge in [0.25, 0.3) is 0 Å². The molecule has 0 aromatic carbocycles. The summed E-state index contributed by atoms with van der Waals surface area (Å²) in [7, 11) is 0. The molecule has 0 unspecified atom stereocenters. The largest absolute Gasteiger partial charge is 0.299 e. The van der Waals surface area contributed by atoms with E-state index in [0.29, 0.717) is 12.2 Å². The van der Waals surface area contributed by atoms with E-state index >= 15 is 0 Å². The summed E-state index contributed by atoms with van der Waals surface area (Å²) in [5.74, 6) is 0.352. The Bertz CT molecular complexity index is 256. The van der Waals surface area contributed by atoms with Crippen molar-refractivity contribution < 1.29 is 4.79 Å². The molecule has 3 heteroatoms. The van der Waals surface area contributed by atoms with Crippen molar-refractivity contribution in [3.8, 4) is 0 Å². The molecule has 0 saturated carbocycles. The molecule has 0 saturated heterocycles.